The van der Waals surface area contributed by atoms with Gasteiger partial charge in [-0.2, -0.15) is 0 Å². The van der Waals surface area contributed by atoms with Crippen LogP contribution in [0.5, 0.6) is 5.75 Å². The number of halogens is 1. The van der Waals surface area contributed by atoms with E-state index in [1.165, 1.54) is 0 Å². The molecule has 0 saturated carbocycles. The Kier molecular flexibility index (Phi) is 2.70. The van der Waals surface area contributed by atoms with Crippen LogP contribution in [0.25, 0.3) is 0 Å². The number of hydrogen-bond donors (Lipinski definition) is 1. The van der Waals surface area contributed by atoms with Gasteiger partial charge in [-0.1, -0.05) is 0 Å². The number of rotatable bonds is 2. The van der Waals surface area contributed by atoms with Gasteiger partial charge in [-0.3, -0.25) is 4.79 Å². The second kappa shape index (κ2) is 3.58. The second-order valence-electron chi connectivity index (χ2n) is 2.21. The first-order valence-corrected chi connectivity index (χ1v) is 4.08. The highest BCUT2D eigenvalue weighted by Gasteiger charge is 2.04. The first-order chi connectivity index (χ1) is 5.65. The van der Waals surface area contributed by atoms with E-state index in [1.807, 2.05) is 0 Å². The lowest BCUT2D eigenvalue weighted by atomic mass is 10.2. The molecule has 0 aromatic heterocycles. The number of primary amides is 1. The summed E-state index contributed by atoms with van der Waals surface area (Å²) in [7, 11) is 1.56. The number of ether oxygens (including phenoxy) is 1. The van der Waals surface area contributed by atoms with Crippen LogP contribution >= 0.6 is 15.9 Å². The zero-order valence-electron chi connectivity index (χ0n) is 6.50. The van der Waals surface area contributed by atoms with Gasteiger partial charge in [0.15, 0.2) is 0 Å². The van der Waals surface area contributed by atoms with E-state index in [4.69, 9.17) is 10.5 Å². The SMILES string of the molecule is COc1ccc(C(N)=O)cc1Br. The Bertz CT molecular complexity index is 312. The summed E-state index contributed by atoms with van der Waals surface area (Å²) in [6.07, 6.45) is 0. The lowest BCUT2D eigenvalue weighted by molar-refractivity contribution is 0.1000. The summed E-state index contributed by atoms with van der Waals surface area (Å²) in [4.78, 5) is 10.7. The van der Waals surface area contributed by atoms with Crippen molar-refractivity contribution in [1.82, 2.24) is 0 Å². The van der Waals surface area contributed by atoms with E-state index in [-0.39, 0.29) is 0 Å². The van der Waals surface area contributed by atoms with Gasteiger partial charge in [0.05, 0.1) is 11.6 Å². The Morgan fingerprint density at radius 3 is 2.67 bits per heavy atom. The molecule has 0 heterocycles. The van der Waals surface area contributed by atoms with Crippen LogP contribution < -0.4 is 10.5 Å². The highest BCUT2D eigenvalue weighted by atomic mass is 79.9. The van der Waals surface area contributed by atoms with Crippen LogP contribution in [0.1, 0.15) is 10.4 Å². The third-order valence-corrected chi connectivity index (χ3v) is 2.06. The van der Waals surface area contributed by atoms with Crippen molar-refractivity contribution >= 4 is 21.8 Å². The van der Waals surface area contributed by atoms with Crippen molar-refractivity contribution in [2.24, 2.45) is 5.73 Å². The van der Waals surface area contributed by atoms with E-state index >= 15 is 0 Å². The zero-order valence-corrected chi connectivity index (χ0v) is 8.09. The van der Waals surface area contributed by atoms with Gasteiger partial charge in [-0.25, -0.2) is 0 Å². The second-order valence-corrected chi connectivity index (χ2v) is 3.07. The maximum atomic E-state index is 10.7. The van der Waals surface area contributed by atoms with E-state index in [0.717, 1.165) is 4.47 Å². The van der Waals surface area contributed by atoms with Gasteiger partial charge in [0.1, 0.15) is 5.75 Å². The van der Waals surface area contributed by atoms with Crippen LogP contribution in [0.4, 0.5) is 0 Å². The fourth-order valence-corrected chi connectivity index (χ4v) is 1.36. The van der Waals surface area contributed by atoms with Gasteiger partial charge in [0.2, 0.25) is 5.91 Å². The fourth-order valence-electron chi connectivity index (χ4n) is 0.820. The van der Waals surface area contributed by atoms with Crippen LogP contribution in [-0.2, 0) is 0 Å². The van der Waals surface area contributed by atoms with Crippen LogP contribution in [0, 0.1) is 0 Å². The number of carbonyl (C=O) groups excluding carboxylic acids is 1. The predicted molar refractivity (Wildman–Crippen MR) is 49.2 cm³/mol. The molecular formula is C8H8BrNO2. The fraction of sp³-hybridized carbons (Fsp3) is 0.125. The van der Waals surface area contributed by atoms with E-state index in [0.29, 0.717) is 11.3 Å². The average molecular weight is 230 g/mol. The van der Waals surface area contributed by atoms with Crippen molar-refractivity contribution in [3.05, 3.63) is 28.2 Å². The number of nitrogens with two attached hydrogens (primary N) is 1. The molecule has 1 rings (SSSR count). The molecule has 2 N–H and O–H groups in total. The van der Waals surface area contributed by atoms with Gasteiger partial charge in [-0.05, 0) is 34.1 Å². The number of hydrogen-bond acceptors (Lipinski definition) is 2. The molecule has 12 heavy (non-hydrogen) atoms. The molecular weight excluding hydrogens is 222 g/mol. The molecule has 1 amide bonds. The molecule has 0 aliphatic heterocycles. The van der Waals surface area contributed by atoms with Gasteiger partial charge in [-0.15, -0.1) is 0 Å². The van der Waals surface area contributed by atoms with E-state index < -0.39 is 5.91 Å². The van der Waals surface area contributed by atoms with Crippen molar-refractivity contribution in [3.63, 3.8) is 0 Å². The Labute approximate surface area is 78.6 Å². The minimum Gasteiger partial charge on any atom is -0.496 e. The van der Waals surface area contributed by atoms with E-state index in [9.17, 15) is 4.79 Å². The Hall–Kier alpha value is -1.03. The molecule has 4 heteroatoms. The number of amides is 1. The molecule has 1 aromatic carbocycles. The summed E-state index contributed by atoms with van der Waals surface area (Å²) in [5.41, 5.74) is 5.53. The summed E-state index contributed by atoms with van der Waals surface area (Å²) in [5, 5.41) is 0. The largest absolute Gasteiger partial charge is 0.496 e. The quantitative estimate of drug-likeness (QED) is 0.837. The van der Waals surface area contributed by atoms with Gasteiger partial charge in [0, 0.05) is 5.56 Å². The molecule has 0 unspecified atom stereocenters. The van der Waals surface area contributed by atoms with Crippen LogP contribution in [0.3, 0.4) is 0 Å². The van der Waals surface area contributed by atoms with Crippen LogP contribution in [0.15, 0.2) is 22.7 Å². The molecule has 0 radical (unpaired) electrons. The van der Waals surface area contributed by atoms with Crippen molar-refractivity contribution < 1.29 is 9.53 Å². The highest BCUT2D eigenvalue weighted by molar-refractivity contribution is 9.10. The molecule has 64 valence electrons. The topological polar surface area (TPSA) is 52.3 Å². The first-order valence-electron chi connectivity index (χ1n) is 3.28. The van der Waals surface area contributed by atoms with Crippen LogP contribution in [-0.4, -0.2) is 13.0 Å². The Balaban J connectivity index is 3.10. The zero-order chi connectivity index (χ0) is 9.14. The summed E-state index contributed by atoms with van der Waals surface area (Å²) in [5.74, 6) is 0.235. The molecule has 0 aliphatic rings. The smallest absolute Gasteiger partial charge is 0.248 e. The first kappa shape index (κ1) is 9.06. The van der Waals surface area contributed by atoms with Gasteiger partial charge in [0.25, 0.3) is 0 Å². The molecule has 0 fully saturated rings. The van der Waals surface area contributed by atoms with Crippen LogP contribution in [0.2, 0.25) is 0 Å². The molecule has 0 atom stereocenters. The standard InChI is InChI=1S/C8H8BrNO2/c1-12-7-3-2-5(8(10)11)4-6(7)9/h2-4H,1H3,(H2,10,11). The summed E-state index contributed by atoms with van der Waals surface area (Å²) >= 11 is 3.24. The maximum absolute atomic E-state index is 10.7. The Morgan fingerprint density at radius 1 is 1.58 bits per heavy atom. The maximum Gasteiger partial charge on any atom is 0.248 e. The van der Waals surface area contributed by atoms with Crippen molar-refractivity contribution in [1.29, 1.82) is 0 Å². The van der Waals surface area contributed by atoms with Gasteiger partial charge >= 0.3 is 0 Å². The van der Waals surface area contributed by atoms with E-state index in [2.05, 4.69) is 15.9 Å². The molecule has 0 saturated heterocycles. The van der Waals surface area contributed by atoms with Crippen molar-refractivity contribution in [2.75, 3.05) is 7.11 Å². The molecule has 0 aliphatic carbocycles. The molecule has 0 bridgehead atoms. The molecule has 3 nitrogen and oxygen atoms in total. The number of methoxy groups -OCH3 is 1. The highest BCUT2D eigenvalue weighted by Crippen LogP contribution is 2.25. The average Bonchev–Trinajstić information content (AvgIpc) is 2.04. The van der Waals surface area contributed by atoms with E-state index in [1.54, 1.807) is 25.3 Å². The molecule has 0 spiro atoms. The molecule has 1 aromatic rings. The Morgan fingerprint density at radius 2 is 2.25 bits per heavy atom. The lowest BCUT2D eigenvalue weighted by Crippen LogP contribution is -2.10. The lowest BCUT2D eigenvalue weighted by Gasteiger charge is -2.03. The third kappa shape index (κ3) is 1.76. The normalized spacial score (nSPS) is 9.50. The number of carbonyl (C=O) groups is 1. The minimum atomic E-state index is -0.446. The summed E-state index contributed by atoms with van der Waals surface area (Å²) in [6.45, 7) is 0. The third-order valence-electron chi connectivity index (χ3n) is 1.44. The summed E-state index contributed by atoms with van der Waals surface area (Å²) < 4.78 is 5.70. The number of benzene rings is 1. The van der Waals surface area contributed by atoms with Crippen molar-refractivity contribution in [3.8, 4) is 5.75 Å². The summed E-state index contributed by atoms with van der Waals surface area (Å²) in [6, 6.07) is 4.93. The van der Waals surface area contributed by atoms with Gasteiger partial charge < -0.3 is 10.5 Å². The monoisotopic (exact) mass is 229 g/mol. The van der Waals surface area contributed by atoms with Crippen molar-refractivity contribution in [2.45, 2.75) is 0 Å². The predicted octanol–water partition coefficient (Wildman–Crippen LogP) is 1.56. The minimum absolute atomic E-state index is 0.446.